The van der Waals surface area contributed by atoms with Crippen molar-refractivity contribution in [1.82, 2.24) is 0 Å². The summed E-state index contributed by atoms with van der Waals surface area (Å²) in [4.78, 5) is 0. The summed E-state index contributed by atoms with van der Waals surface area (Å²) in [7, 11) is 1.08. The molecule has 2 radical (unpaired) electrons. The maximum absolute atomic E-state index is 8.93. The van der Waals surface area contributed by atoms with Crippen LogP contribution in [0.2, 0.25) is 13.1 Å². The fourth-order valence-corrected chi connectivity index (χ4v) is 2.97. The van der Waals surface area contributed by atoms with E-state index in [0.717, 1.165) is 9.52 Å². The third-order valence-corrected chi connectivity index (χ3v) is 4.07. The van der Waals surface area contributed by atoms with Gasteiger partial charge in [-0.15, -0.1) is 82.6 Å². The number of benzene rings is 3. The van der Waals surface area contributed by atoms with E-state index >= 15 is 0 Å². The molecular formula is C28H32HfO2Si. The van der Waals surface area contributed by atoms with Crippen LogP contribution in [0.15, 0.2) is 97.1 Å². The summed E-state index contributed by atoms with van der Waals surface area (Å²) >= 11 is 0. The molecule has 0 amide bonds. The fraction of sp³-hybridized carbons (Fsp3) is 0.214. The monoisotopic (exact) mass is 608 g/mol. The van der Waals surface area contributed by atoms with Crippen molar-refractivity contribution >= 4 is 41.8 Å². The summed E-state index contributed by atoms with van der Waals surface area (Å²) in [6.07, 6.45) is 0. The van der Waals surface area contributed by atoms with Gasteiger partial charge in [-0.2, -0.15) is 17.5 Å². The molecule has 0 N–H and O–H groups in total. The Kier molecular flexibility index (Phi) is 17.6. The molecule has 2 nitrogen and oxygen atoms in total. The van der Waals surface area contributed by atoms with E-state index in [4.69, 9.17) is 10.2 Å². The Balaban J connectivity index is 0.000000444. The molecule has 32 heavy (non-hydrogen) atoms. The molecule has 5 aromatic carbocycles. The van der Waals surface area contributed by atoms with Crippen LogP contribution >= 0.6 is 0 Å². The second-order valence-electron chi connectivity index (χ2n) is 6.55. The van der Waals surface area contributed by atoms with Crippen molar-refractivity contribution in [1.29, 1.82) is 0 Å². The molecule has 0 aromatic heterocycles. The Morgan fingerprint density at radius 2 is 1.03 bits per heavy atom. The number of hydrogen-bond acceptors (Lipinski definition) is 2. The van der Waals surface area contributed by atoms with Crippen LogP contribution in [0.4, 0.5) is 0 Å². The third kappa shape index (κ3) is 10.2. The molecule has 0 aliphatic heterocycles. The van der Waals surface area contributed by atoms with Crippen LogP contribution in [0.25, 0.3) is 32.3 Å². The van der Waals surface area contributed by atoms with Gasteiger partial charge in [0.2, 0.25) is 0 Å². The Bertz CT molecular complexity index is 1010. The van der Waals surface area contributed by atoms with E-state index in [-0.39, 0.29) is 39.1 Å². The number of hydrogen-bond donors (Lipinski definition) is 0. The molecule has 164 valence electrons. The number of rotatable bonds is 0. The Morgan fingerprint density at radius 1 is 0.656 bits per heavy atom. The first-order valence-corrected chi connectivity index (χ1v) is 12.5. The van der Waals surface area contributed by atoms with E-state index < -0.39 is 0 Å². The van der Waals surface area contributed by atoms with Gasteiger partial charge in [0.1, 0.15) is 0 Å². The molecule has 0 unspecified atom stereocenters. The molecule has 0 atom stereocenters. The molecule has 5 aromatic rings. The van der Waals surface area contributed by atoms with Gasteiger partial charge in [0, 0.05) is 9.52 Å². The zero-order valence-electron chi connectivity index (χ0n) is 19.5. The van der Waals surface area contributed by atoms with Gasteiger partial charge in [-0.3, -0.25) is 0 Å². The standard InChI is InChI=1S/C13H9.C9H7.2C2H5O.C2H6Si.Hf/c1-3-7-12-10(5-1)9-11-6-2-4-8-13(11)12;1-2-5-9-7-3-6-8(9)4-1;2*1-2-3;1-3-2;/h1-9H;1-7H;2*2H2,1H3;1-2H3;/q4*-1;;+4. The van der Waals surface area contributed by atoms with Crippen molar-refractivity contribution in [3.05, 3.63) is 97.1 Å². The molecule has 0 bridgehead atoms. The minimum atomic E-state index is 0. The second-order valence-corrected chi connectivity index (χ2v) is 7.55. The summed E-state index contributed by atoms with van der Waals surface area (Å²) in [6, 6.07) is 33.9. The van der Waals surface area contributed by atoms with Crippen molar-refractivity contribution in [3.63, 3.8) is 0 Å². The SMILES string of the molecule is CC[O-].CC[O-].C[Si]C.[Hf+4].c1ccc2[cH-]ccc2c1.c1ccc2c(c1)[cH-]c1ccccc12. The largest absolute Gasteiger partial charge is 4.00 e. The molecule has 0 heterocycles. The van der Waals surface area contributed by atoms with E-state index in [9.17, 15) is 0 Å². The summed E-state index contributed by atoms with van der Waals surface area (Å²) in [6.45, 7) is 7.44. The Morgan fingerprint density at radius 3 is 1.47 bits per heavy atom. The molecule has 0 aliphatic rings. The van der Waals surface area contributed by atoms with Crippen LogP contribution in [0.5, 0.6) is 0 Å². The van der Waals surface area contributed by atoms with Gasteiger partial charge in [0.05, 0.1) is 0 Å². The summed E-state index contributed by atoms with van der Waals surface area (Å²) in [5.74, 6) is 0. The van der Waals surface area contributed by atoms with Crippen LogP contribution in [-0.4, -0.2) is 22.7 Å². The molecule has 5 rings (SSSR count). The van der Waals surface area contributed by atoms with Gasteiger partial charge >= 0.3 is 25.8 Å². The third-order valence-electron chi connectivity index (χ3n) is 4.07. The molecule has 0 saturated carbocycles. The molecule has 0 aliphatic carbocycles. The maximum atomic E-state index is 8.93. The average Bonchev–Trinajstić information content (AvgIpc) is 3.40. The molecule has 0 saturated heterocycles. The zero-order valence-corrected chi connectivity index (χ0v) is 24.1. The summed E-state index contributed by atoms with van der Waals surface area (Å²) < 4.78 is 0. The molecule has 0 spiro atoms. The van der Waals surface area contributed by atoms with E-state index in [2.05, 4.69) is 110 Å². The summed E-state index contributed by atoms with van der Waals surface area (Å²) in [5.41, 5.74) is 0. The minimum absolute atomic E-state index is 0. The van der Waals surface area contributed by atoms with Gasteiger partial charge in [0.25, 0.3) is 0 Å². The average molecular weight is 607 g/mol. The van der Waals surface area contributed by atoms with Gasteiger partial charge in [-0.05, 0) is 0 Å². The van der Waals surface area contributed by atoms with Crippen molar-refractivity contribution in [2.75, 3.05) is 13.2 Å². The smallest absolute Gasteiger partial charge is 0.855 e. The van der Waals surface area contributed by atoms with Gasteiger partial charge in [-0.25, -0.2) is 0 Å². The van der Waals surface area contributed by atoms with E-state index in [1.165, 1.54) is 32.3 Å². The quantitative estimate of drug-likeness (QED) is 0.166. The minimum Gasteiger partial charge on any atom is -0.855 e. The van der Waals surface area contributed by atoms with Gasteiger partial charge < -0.3 is 10.2 Å². The first-order chi connectivity index (χ1) is 15.2. The van der Waals surface area contributed by atoms with E-state index in [0.29, 0.717) is 0 Å². The van der Waals surface area contributed by atoms with Crippen molar-refractivity contribution in [3.8, 4) is 0 Å². The number of fused-ring (bicyclic) bond motifs is 4. The van der Waals surface area contributed by atoms with E-state index in [1.54, 1.807) is 13.8 Å². The summed E-state index contributed by atoms with van der Waals surface area (Å²) in [5, 5.41) is 25.9. The van der Waals surface area contributed by atoms with Crippen molar-refractivity contribution < 1.29 is 36.1 Å². The zero-order chi connectivity index (χ0) is 22.9. The normalized spacial score (nSPS) is 9.06. The predicted octanol–water partition coefficient (Wildman–Crippen LogP) is 5.79. The van der Waals surface area contributed by atoms with Crippen LogP contribution in [-0.2, 0) is 25.8 Å². The van der Waals surface area contributed by atoms with Crippen molar-refractivity contribution in [2.24, 2.45) is 0 Å². The molecule has 0 fully saturated rings. The predicted molar refractivity (Wildman–Crippen MR) is 135 cm³/mol. The van der Waals surface area contributed by atoms with Crippen molar-refractivity contribution in [2.45, 2.75) is 26.9 Å². The van der Waals surface area contributed by atoms with Gasteiger partial charge in [0.15, 0.2) is 0 Å². The van der Waals surface area contributed by atoms with E-state index in [1.807, 2.05) is 0 Å². The molecular weight excluding hydrogens is 575 g/mol. The fourth-order valence-electron chi connectivity index (χ4n) is 2.97. The van der Waals surface area contributed by atoms with Crippen LogP contribution in [0, 0.1) is 0 Å². The first-order valence-electron chi connectivity index (χ1n) is 10.5. The Labute approximate surface area is 214 Å². The topological polar surface area (TPSA) is 46.1 Å². The van der Waals surface area contributed by atoms with Crippen LogP contribution in [0.1, 0.15) is 13.8 Å². The molecule has 4 heteroatoms. The van der Waals surface area contributed by atoms with Gasteiger partial charge in [-0.1, -0.05) is 69.4 Å². The Hall–Kier alpha value is -1.85. The second kappa shape index (κ2) is 18.7. The van der Waals surface area contributed by atoms with Crippen LogP contribution < -0.4 is 10.2 Å². The van der Waals surface area contributed by atoms with Crippen LogP contribution in [0.3, 0.4) is 0 Å². The maximum Gasteiger partial charge on any atom is 4.00 e. The first kappa shape index (κ1) is 30.1.